The predicted molar refractivity (Wildman–Crippen MR) is 82.3 cm³/mol. The highest BCUT2D eigenvalue weighted by Crippen LogP contribution is 2.38. The molecule has 3 rings (SSSR count). The molecule has 1 aromatic carbocycles. The molecule has 1 aliphatic heterocycles. The van der Waals surface area contributed by atoms with E-state index in [9.17, 15) is 8.42 Å². The fourth-order valence-electron chi connectivity index (χ4n) is 2.38. The Morgan fingerprint density at radius 3 is 2.62 bits per heavy atom. The molecular weight excluding hydrogens is 333 g/mol. The highest BCUT2D eigenvalue weighted by Gasteiger charge is 2.25. The van der Waals surface area contributed by atoms with Crippen molar-refractivity contribution in [2.45, 2.75) is 11.3 Å². The number of anilines is 2. The first-order valence-corrected chi connectivity index (χ1v) is 8.78. The van der Waals surface area contributed by atoms with Crippen molar-refractivity contribution in [3.05, 3.63) is 40.3 Å². The highest BCUT2D eigenvalue weighted by molar-refractivity contribution is 7.90. The van der Waals surface area contributed by atoms with Gasteiger partial charge in [-0.1, -0.05) is 23.2 Å². The van der Waals surface area contributed by atoms with Crippen molar-refractivity contribution in [3.63, 3.8) is 0 Å². The quantitative estimate of drug-likeness (QED) is 0.784. The zero-order chi connectivity index (χ0) is 15.2. The van der Waals surface area contributed by atoms with Crippen LogP contribution in [0, 0.1) is 0 Å². The van der Waals surface area contributed by atoms with E-state index in [0.717, 1.165) is 23.9 Å². The second-order valence-electron chi connectivity index (χ2n) is 4.78. The average Bonchev–Trinajstić information content (AvgIpc) is 2.79. The summed E-state index contributed by atoms with van der Waals surface area (Å²) in [5.41, 5.74) is 1.77. The Morgan fingerprint density at radius 2 is 1.95 bits per heavy atom. The van der Waals surface area contributed by atoms with Gasteiger partial charge < -0.3 is 4.90 Å². The van der Waals surface area contributed by atoms with Gasteiger partial charge >= 0.3 is 0 Å². The third-order valence-corrected chi connectivity index (χ3v) is 5.09. The largest absolute Gasteiger partial charge is 0.326 e. The molecule has 0 radical (unpaired) electrons. The van der Waals surface area contributed by atoms with Crippen molar-refractivity contribution in [2.24, 2.45) is 0 Å². The molecular formula is C13H11Cl2N3O2S. The molecule has 0 saturated heterocycles. The van der Waals surface area contributed by atoms with Crippen LogP contribution in [0.3, 0.4) is 0 Å². The van der Waals surface area contributed by atoms with Gasteiger partial charge in [0.2, 0.25) is 0 Å². The summed E-state index contributed by atoms with van der Waals surface area (Å²) in [6.07, 6.45) is 3.26. The summed E-state index contributed by atoms with van der Waals surface area (Å²) < 4.78 is 23.4. The number of fused-ring (bicyclic) bond motifs is 1. The van der Waals surface area contributed by atoms with Crippen LogP contribution in [0.2, 0.25) is 10.2 Å². The fraction of sp³-hybridized carbons (Fsp3) is 0.231. The molecule has 0 unspecified atom stereocenters. The van der Waals surface area contributed by atoms with Crippen LogP contribution in [0.4, 0.5) is 11.5 Å². The predicted octanol–water partition coefficient (Wildman–Crippen LogP) is 2.88. The molecule has 5 nitrogen and oxygen atoms in total. The Labute approximate surface area is 132 Å². The van der Waals surface area contributed by atoms with Crippen LogP contribution in [0.5, 0.6) is 0 Å². The Hall–Kier alpha value is -1.37. The van der Waals surface area contributed by atoms with Crippen LogP contribution in [-0.2, 0) is 16.3 Å². The molecule has 8 heteroatoms. The van der Waals surface area contributed by atoms with Gasteiger partial charge in [-0.25, -0.2) is 18.4 Å². The average molecular weight is 344 g/mol. The van der Waals surface area contributed by atoms with Crippen molar-refractivity contribution in [2.75, 3.05) is 17.7 Å². The monoisotopic (exact) mass is 343 g/mol. The van der Waals surface area contributed by atoms with Gasteiger partial charge in [0.05, 0.1) is 9.92 Å². The van der Waals surface area contributed by atoms with E-state index in [1.54, 1.807) is 18.2 Å². The van der Waals surface area contributed by atoms with E-state index < -0.39 is 9.84 Å². The molecule has 0 fully saturated rings. The van der Waals surface area contributed by atoms with Crippen molar-refractivity contribution < 1.29 is 8.42 Å². The Morgan fingerprint density at radius 1 is 1.19 bits per heavy atom. The maximum Gasteiger partial charge on any atom is 0.177 e. The second-order valence-corrected chi connectivity index (χ2v) is 7.56. The Balaban J connectivity index is 2.10. The number of sulfone groups is 1. The lowest BCUT2D eigenvalue weighted by atomic mass is 10.2. The van der Waals surface area contributed by atoms with Crippen molar-refractivity contribution in [1.82, 2.24) is 9.97 Å². The first-order valence-electron chi connectivity index (χ1n) is 6.14. The second kappa shape index (κ2) is 5.12. The summed E-state index contributed by atoms with van der Waals surface area (Å²) in [5, 5.41) is 0.565. The maximum absolute atomic E-state index is 11.7. The smallest absolute Gasteiger partial charge is 0.177 e. The van der Waals surface area contributed by atoms with Gasteiger partial charge in [-0.15, -0.1) is 0 Å². The molecule has 0 aliphatic carbocycles. The van der Waals surface area contributed by atoms with E-state index in [2.05, 4.69) is 9.97 Å². The number of rotatable bonds is 2. The van der Waals surface area contributed by atoms with Crippen LogP contribution >= 0.6 is 23.2 Å². The molecule has 0 amide bonds. The number of hydrogen-bond acceptors (Lipinski definition) is 5. The van der Waals surface area contributed by atoms with Gasteiger partial charge in [-0.3, -0.25) is 0 Å². The number of benzene rings is 1. The molecule has 0 atom stereocenters. The third kappa shape index (κ3) is 2.71. The fourth-order valence-corrected chi connectivity index (χ4v) is 3.87. The number of aromatic nitrogens is 2. The van der Waals surface area contributed by atoms with Crippen LogP contribution in [0.25, 0.3) is 0 Å². The van der Waals surface area contributed by atoms with Crippen molar-refractivity contribution in [1.29, 1.82) is 0 Å². The normalized spacial score (nSPS) is 14.3. The summed E-state index contributed by atoms with van der Waals surface area (Å²) in [5.74, 6) is 0.664. The van der Waals surface area contributed by atoms with E-state index in [1.807, 2.05) is 4.90 Å². The van der Waals surface area contributed by atoms with Gasteiger partial charge in [-0.05, 0) is 24.1 Å². The zero-order valence-electron chi connectivity index (χ0n) is 11.0. The summed E-state index contributed by atoms with van der Waals surface area (Å²) in [6, 6.07) is 4.96. The van der Waals surface area contributed by atoms with Crippen molar-refractivity contribution >= 4 is 44.5 Å². The van der Waals surface area contributed by atoms with Gasteiger partial charge in [0, 0.05) is 24.6 Å². The third-order valence-electron chi connectivity index (χ3n) is 3.32. The Bertz CT molecular complexity index is 824. The molecule has 1 aliphatic rings. The minimum Gasteiger partial charge on any atom is -0.326 e. The molecule has 0 N–H and O–H groups in total. The van der Waals surface area contributed by atoms with Gasteiger partial charge in [-0.2, -0.15) is 0 Å². The molecule has 0 spiro atoms. The lowest BCUT2D eigenvalue weighted by molar-refractivity contribution is 0.602. The molecule has 1 aromatic heterocycles. The zero-order valence-corrected chi connectivity index (χ0v) is 13.4. The molecule has 21 heavy (non-hydrogen) atoms. The summed E-state index contributed by atoms with van der Waals surface area (Å²) >= 11 is 12.0. The summed E-state index contributed by atoms with van der Waals surface area (Å²) in [7, 11) is -3.34. The van der Waals surface area contributed by atoms with Crippen molar-refractivity contribution in [3.8, 4) is 0 Å². The van der Waals surface area contributed by atoms with E-state index in [0.29, 0.717) is 17.5 Å². The minimum absolute atomic E-state index is 0.158. The van der Waals surface area contributed by atoms with Gasteiger partial charge in [0.15, 0.2) is 9.84 Å². The first kappa shape index (κ1) is 14.6. The Kier molecular flexibility index (Phi) is 3.55. The van der Waals surface area contributed by atoms with Gasteiger partial charge in [0.25, 0.3) is 0 Å². The maximum atomic E-state index is 11.7. The summed E-state index contributed by atoms with van der Waals surface area (Å²) in [4.78, 5) is 10.1. The van der Waals surface area contributed by atoms with Crippen LogP contribution in [-0.4, -0.2) is 31.2 Å². The first-order chi connectivity index (χ1) is 9.86. The van der Waals surface area contributed by atoms with Gasteiger partial charge in [0.1, 0.15) is 17.3 Å². The standard InChI is InChI=1S/C13H11Cl2N3O2S/c1-21(19,20)11-4-8-2-3-18(10(8)5-9(11)14)13-6-12(15)16-7-17-13/h4-7H,2-3H2,1H3. The topological polar surface area (TPSA) is 63.2 Å². The van der Waals surface area contributed by atoms with Crippen LogP contribution in [0.15, 0.2) is 29.4 Å². The highest BCUT2D eigenvalue weighted by atomic mass is 35.5. The lowest BCUT2D eigenvalue weighted by Crippen LogP contribution is -2.14. The molecule has 110 valence electrons. The van der Waals surface area contributed by atoms with Crippen LogP contribution in [0.1, 0.15) is 5.56 Å². The van der Waals surface area contributed by atoms with E-state index >= 15 is 0 Å². The molecule has 2 aromatic rings. The van der Waals surface area contributed by atoms with E-state index in [-0.39, 0.29) is 9.92 Å². The minimum atomic E-state index is -3.34. The number of halogens is 2. The molecule has 2 heterocycles. The SMILES string of the molecule is CS(=O)(=O)c1cc2c(cc1Cl)N(c1cc(Cl)ncn1)CC2. The molecule has 0 saturated carbocycles. The van der Waals surface area contributed by atoms with E-state index in [4.69, 9.17) is 23.2 Å². The summed E-state index contributed by atoms with van der Waals surface area (Å²) in [6.45, 7) is 0.687. The molecule has 0 bridgehead atoms. The van der Waals surface area contributed by atoms with E-state index in [1.165, 1.54) is 6.33 Å². The van der Waals surface area contributed by atoms with Crippen LogP contribution < -0.4 is 4.90 Å². The number of nitrogens with zero attached hydrogens (tertiary/aromatic N) is 3. The lowest BCUT2D eigenvalue weighted by Gasteiger charge is -2.18. The number of hydrogen-bond donors (Lipinski definition) is 0.